The molecule has 6 nitrogen and oxygen atoms in total. The Morgan fingerprint density at radius 3 is 2.81 bits per heavy atom. The number of fused-ring (bicyclic) bond motifs is 1. The monoisotopic (exact) mass is 392 g/mol. The number of hydrogen-bond acceptors (Lipinski definition) is 5. The first kappa shape index (κ1) is 19.0. The van der Waals surface area contributed by atoms with Crippen molar-refractivity contribution in [1.82, 2.24) is 19.0 Å². The van der Waals surface area contributed by atoms with Crippen molar-refractivity contribution in [2.24, 2.45) is 5.92 Å². The van der Waals surface area contributed by atoms with Gasteiger partial charge in [0.15, 0.2) is 9.60 Å². The molecule has 2 aromatic heterocycles. The molecule has 0 aliphatic heterocycles. The predicted octanol–water partition coefficient (Wildman–Crippen LogP) is 3.21. The molecule has 1 aliphatic rings. The van der Waals surface area contributed by atoms with Gasteiger partial charge in [0.2, 0.25) is 5.91 Å². The third-order valence-corrected chi connectivity index (χ3v) is 6.61. The van der Waals surface area contributed by atoms with Crippen molar-refractivity contribution in [2.75, 3.05) is 7.05 Å². The zero-order chi connectivity index (χ0) is 18.8. The molecule has 0 N–H and O–H groups in total. The average molecular weight is 393 g/mol. The van der Waals surface area contributed by atoms with Crippen molar-refractivity contribution in [3.05, 3.63) is 33.3 Å². The zero-order valence-electron chi connectivity index (χ0n) is 15.2. The fourth-order valence-corrected chi connectivity index (χ4v) is 4.78. The average Bonchev–Trinajstić information content (AvgIpc) is 2.94. The summed E-state index contributed by atoms with van der Waals surface area (Å²) in [6.45, 7) is 6.48. The first-order valence-corrected chi connectivity index (χ1v) is 10.1. The van der Waals surface area contributed by atoms with Crippen LogP contribution >= 0.6 is 23.6 Å². The molecule has 3 rings (SSSR count). The number of rotatable bonds is 5. The van der Waals surface area contributed by atoms with E-state index < -0.39 is 0 Å². The molecule has 2 aromatic rings. The van der Waals surface area contributed by atoms with E-state index in [-0.39, 0.29) is 24.1 Å². The summed E-state index contributed by atoms with van der Waals surface area (Å²) in [6.07, 6.45) is 7.52. The van der Waals surface area contributed by atoms with Crippen LogP contribution in [0.25, 0.3) is 10.3 Å². The summed E-state index contributed by atoms with van der Waals surface area (Å²) in [4.78, 5) is 31.6. The number of nitrogens with zero attached hydrogens (tertiary/aromatic N) is 4. The lowest BCUT2D eigenvalue weighted by Gasteiger charge is -2.33. The van der Waals surface area contributed by atoms with Crippen LogP contribution in [-0.4, -0.2) is 38.0 Å². The minimum Gasteiger partial charge on any atom is -0.341 e. The molecule has 2 heterocycles. The normalized spacial score (nSPS) is 20.2. The molecule has 1 amide bonds. The van der Waals surface area contributed by atoms with Crippen LogP contribution in [0.5, 0.6) is 0 Å². The Morgan fingerprint density at radius 2 is 2.15 bits per heavy atom. The number of allylic oxidation sites excluding steroid dienone is 1. The van der Waals surface area contributed by atoms with Crippen molar-refractivity contribution in [1.29, 1.82) is 0 Å². The minimum absolute atomic E-state index is 0.0104. The molecule has 140 valence electrons. The topological polar surface area (TPSA) is 60.1 Å². The number of carbonyl (C=O) groups excluding carboxylic acids is 1. The molecule has 0 saturated heterocycles. The molecule has 0 spiro atoms. The molecule has 1 saturated carbocycles. The second-order valence-electron chi connectivity index (χ2n) is 7.02. The maximum atomic E-state index is 12.8. The quantitative estimate of drug-likeness (QED) is 0.579. The van der Waals surface area contributed by atoms with Crippen LogP contribution in [0.2, 0.25) is 0 Å². The molecule has 1 fully saturated rings. The maximum absolute atomic E-state index is 12.8. The Labute approximate surface area is 161 Å². The number of hydrogen-bond donors (Lipinski definition) is 0. The predicted molar refractivity (Wildman–Crippen MR) is 107 cm³/mol. The molecule has 0 aromatic carbocycles. The lowest BCUT2D eigenvalue weighted by molar-refractivity contribution is -0.133. The summed E-state index contributed by atoms with van der Waals surface area (Å²) >= 11 is 6.55. The number of carbonyl (C=O) groups is 1. The van der Waals surface area contributed by atoms with E-state index >= 15 is 0 Å². The van der Waals surface area contributed by atoms with Crippen LogP contribution in [0.4, 0.5) is 0 Å². The van der Waals surface area contributed by atoms with Gasteiger partial charge >= 0.3 is 0 Å². The fourth-order valence-electron chi connectivity index (χ4n) is 3.47. The van der Waals surface area contributed by atoms with Crippen molar-refractivity contribution >= 4 is 39.8 Å². The summed E-state index contributed by atoms with van der Waals surface area (Å²) in [6, 6.07) is 0.266. The lowest BCUT2D eigenvalue weighted by Crippen LogP contribution is -2.42. The van der Waals surface area contributed by atoms with E-state index in [0.717, 1.165) is 31.6 Å². The second kappa shape index (κ2) is 7.84. The van der Waals surface area contributed by atoms with Crippen LogP contribution < -0.4 is 5.56 Å². The van der Waals surface area contributed by atoms with E-state index in [9.17, 15) is 9.59 Å². The van der Waals surface area contributed by atoms with Crippen LogP contribution in [0, 0.1) is 9.87 Å². The molecule has 0 bridgehead atoms. The van der Waals surface area contributed by atoms with Gasteiger partial charge in [-0.15, -0.1) is 6.58 Å². The smallest absolute Gasteiger partial charge is 0.273 e. The number of aromatic nitrogens is 3. The van der Waals surface area contributed by atoms with Crippen LogP contribution in [-0.2, 0) is 17.9 Å². The standard InChI is InChI=1S/C18H24N4O2S2/c1-4-9-22-16-15(26-18(22)25)17(24)21(11-19-16)10-14(23)20(3)13-7-5-12(2)6-8-13/h4,11-13H,1,5-10H2,2-3H3. The summed E-state index contributed by atoms with van der Waals surface area (Å²) in [7, 11) is 1.84. The first-order chi connectivity index (χ1) is 12.4. The van der Waals surface area contributed by atoms with Gasteiger partial charge in [0.1, 0.15) is 17.6 Å². The molecule has 0 unspecified atom stereocenters. The maximum Gasteiger partial charge on any atom is 0.273 e. The SMILES string of the molecule is C=CCn1c(=S)sc2c(=O)n(CC(=O)N(C)C3CCC(C)CC3)cnc21. The molecular formula is C18H24N4O2S2. The highest BCUT2D eigenvalue weighted by Gasteiger charge is 2.25. The second-order valence-corrected chi connectivity index (χ2v) is 8.66. The van der Waals surface area contributed by atoms with E-state index in [0.29, 0.717) is 20.8 Å². The van der Waals surface area contributed by atoms with E-state index in [2.05, 4.69) is 18.5 Å². The fraction of sp³-hybridized carbons (Fsp3) is 0.556. The Balaban J connectivity index is 1.81. The Morgan fingerprint density at radius 1 is 1.46 bits per heavy atom. The van der Waals surface area contributed by atoms with Gasteiger partial charge in [-0.2, -0.15) is 0 Å². The van der Waals surface area contributed by atoms with Crippen molar-refractivity contribution < 1.29 is 4.79 Å². The van der Waals surface area contributed by atoms with Gasteiger partial charge in [-0.3, -0.25) is 14.2 Å². The Hall–Kier alpha value is -1.80. The number of thiazole rings is 1. The van der Waals surface area contributed by atoms with Gasteiger partial charge in [0.05, 0.1) is 0 Å². The molecule has 26 heavy (non-hydrogen) atoms. The molecule has 1 aliphatic carbocycles. The highest BCUT2D eigenvalue weighted by molar-refractivity contribution is 7.73. The molecule has 0 atom stereocenters. The first-order valence-electron chi connectivity index (χ1n) is 8.87. The highest BCUT2D eigenvalue weighted by atomic mass is 32.1. The Kier molecular flexibility index (Phi) is 5.72. The van der Waals surface area contributed by atoms with Gasteiger partial charge in [-0.05, 0) is 43.8 Å². The summed E-state index contributed by atoms with van der Waals surface area (Å²) in [5.41, 5.74) is 0.344. The van der Waals surface area contributed by atoms with Crippen molar-refractivity contribution in [3.63, 3.8) is 0 Å². The Bertz CT molecular complexity index is 935. The van der Waals surface area contributed by atoms with Crippen LogP contribution in [0.15, 0.2) is 23.8 Å². The summed E-state index contributed by atoms with van der Waals surface area (Å²) in [5.74, 6) is 0.680. The van der Waals surface area contributed by atoms with Gasteiger partial charge in [-0.25, -0.2) is 4.98 Å². The van der Waals surface area contributed by atoms with Gasteiger partial charge in [0, 0.05) is 19.6 Å². The molecule has 0 radical (unpaired) electrons. The molecular weight excluding hydrogens is 368 g/mol. The van der Waals surface area contributed by atoms with Crippen LogP contribution in [0.1, 0.15) is 32.6 Å². The third kappa shape index (κ3) is 3.66. The van der Waals surface area contributed by atoms with Gasteiger partial charge in [0.25, 0.3) is 5.56 Å². The zero-order valence-corrected chi connectivity index (χ0v) is 16.8. The summed E-state index contributed by atoms with van der Waals surface area (Å²) < 4.78 is 4.24. The highest BCUT2D eigenvalue weighted by Crippen LogP contribution is 2.26. The van der Waals surface area contributed by atoms with Crippen LogP contribution in [0.3, 0.4) is 0 Å². The lowest BCUT2D eigenvalue weighted by atomic mass is 9.87. The van der Waals surface area contributed by atoms with Crippen molar-refractivity contribution in [3.8, 4) is 0 Å². The minimum atomic E-state index is -0.215. The number of likely N-dealkylation sites (N-methyl/N-ethyl adjacent to an activating group) is 1. The third-order valence-electron chi connectivity index (χ3n) is 5.19. The van der Waals surface area contributed by atoms with Gasteiger partial charge in [-0.1, -0.05) is 24.3 Å². The number of amides is 1. The summed E-state index contributed by atoms with van der Waals surface area (Å²) in [5, 5.41) is 0. The van der Waals surface area contributed by atoms with E-state index in [1.165, 1.54) is 22.2 Å². The van der Waals surface area contributed by atoms with Crippen molar-refractivity contribution in [2.45, 2.75) is 51.7 Å². The molecule has 8 heteroatoms. The van der Waals surface area contributed by atoms with E-state index in [4.69, 9.17) is 12.2 Å². The van der Waals surface area contributed by atoms with E-state index in [1.54, 1.807) is 15.5 Å². The van der Waals surface area contributed by atoms with E-state index in [1.807, 2.05) is 7.05 Å². The largest absolute Gasteiger partial charge is 0.341 e. The van der Waals surface area contributed by atoms with Gasteiger partial charge < -0.3 is 9.47 Å².